The third kappa shape index (κ3) is 6.43. The van der Waals surface area contributed by atoms with Crippen LogP contribution < -0.4 is 10.6 Å². The largest absolute Gasteiger partial charge is 0.469 e. The topological polar surface area (TPSA) is 134 Å². The number of pyridine rings is 1. The molecule has 1 aromatic carbocycles. The van der Waals surface area contributed by atoms with E-state index in [0.29, 0.717) is 47.6 Å². The molecule has 50 heavy (non-hydrogen) atoms. The molecule has 4 N–H and O–H groups in total. The number of anilines is 1. The molecule has 0 aliphatic heterocycles. The Kier molecular flexibility index (Phi) is 10.2. The predicted molar refractivity (Wildman–Crippen MR) is 194 cm³/mol. The van der Waals surface area contributed by atoms with E-state index < -0.39 is 6.10 Å². The fourth-order valence-electron chi connectivity index (χ4n) is 11.4. The van der Waals surface area contributed by atoms with E-state index in [1.54, 1.807) is 6.20 Å². The van der Waals surface area contributed by atoms with Gasteiger partial charge in [0.2, 0.25) is 0 Å². The van der Waals surface area contributed by atoms with Gasteiger partial charge in [-0.1, -0.05) is 37.6 Å². The van der Waals surface area contributed by atoms with Crippen LogP contribution in [-0.2, 0) is 16.1 Å². The van der Waals surface area contributed by atoms with Gasteiger partial charge >= 0.3 is 5.97 Å². The number of nitrogens with one attached hydrogen (secondary N) is 2. The van der Waals surface area contributed by atoms with Crippen LogP contribution in [0.5, 0.6) is 0 Å². The maximum absolute atomic E-state index is 11.9. The number of aliphatic hydroxyl groups is 2. The van der Waals surface area contributed by atoms with Crippen LogP contribution in [0.1, 0.15) is 90.3 Å². The van der Waals surface area contributed by atoms with E-state index in [2.05, 4.69) is 57.6 Å². The van der Waals surface area contributed by atoms with Crippen molar-refractivity contribution in [3.05, 3.63) is 47.4 Å². The van der Waals surface area contributed by atoms with Gasteiger partial charge in [-0.25, -0.2) is 4.68 Å². The Balaban J connectivity index is 0.941. The molecule has 11 atom stereocenters. The first-order chi connectivity index (χ1) is 24.0. The number of benzene rings is 1. The Morgan fingerprint density at radius 2 is 1.96 bits per heavy atom. The van der Waals surface area contributed by atoms with Gasteiger partial charge in [0.15, 0.2) is 0 Å². The van der Waals surface area contributed by atoms with Crippen LogP contribution >= 0.6 is 11.6 Å². The fraction of sp³-hybridized carbons (Fsp3) is 0.692. The van der Waals surface area contributed by atoms with Crippen LogP contribution in [0.2, 0.25) is 5.02 Å². The number of aliphatic hydroxyl groups excluding tert-OH is 2. The minimum atomic E-state index is -0.397. The summed E-state index contributed by atoms with van der Waals surface area (Å²) in [6.45, 7) is 9.15. The maximum atomic E-state index is 11.9. The Bertz CT molecular complexity index is 1670. The summed E-state index contributed by atoms with van der Waals surface area (Å²) in [6.07, 6.45) is 11.1. The van der Waals surface area contributed by atoms with E-state index in [9.17, 15) is 15.0 Å². The molecule has 11 heteroatoms. The molecule has 3 aromatic rings. The van der Waals surface area contributed by atoms with Crippen molar-refractivity contribution in [3.63, 3.8) is 0 Å². The highest BCUT2D eigenvalue weighted by Crippen LogP contribution is 2.69. The van der Waals surface area contributed by atoms with E-state index in [0.717, 1.165) is 86.7 Å². The number of fused-ring (bicyclic) bond motifs is 6. The molecule has 0 amide bonds. The number of hydrogen-bond acceptors (Lipinski definition) is 9. The molecule has 0 unspecified atom stereocenters. The summed E-state index contributed by atoms with van der Waals surface area (Å²) in [7, 11) is 1.45. The molecule has 0 bridgehead atoms. The van der Waals surface area contributed by atoms with Crippen LogP contribution in [0, 0.1) is 46.3 Å². The van der Waals surface area contributed by atoms with Gasteiger partial charge in [-0.3, -0.25) is 9.78 Å². The summed E-state index contributed by atoms with van der Waals surface area (Å²) in [4.78, 5) is 16.3. The van der Waals surface area contributed by atoms with Gasteiger partial charge in [0.25, 0.3) is 0 Å². The minimum Gasteiger partial charge on any atom is -0.469 e. The quantitative estimate of drug-likeness (QED) is 0.132. The van der Waals surface area contributed by atoms with Crippen LogP contribution in [0.15, 0.2) is 36.7 Å². The van der Waals surface area contributed by atoms with E-state index in [-0.39, 0.29) is 34.9 Å². The molecule has 272 valence electrons. The third-order valence-electron chi connectivity index (χ3n) is 14.1. The summed E-state index contributed by atoms with van der Waals surface area (Å²) in [5, 5.41) is 41.6. The highest BCUT2D eigenvalue weighted by atomic mass is 35.5. The van der Waals surface area contributed by atoms with Crippen molar-refractivity contribution in [2.45, 2.75) is 103 Å². The average molecular weight is 707 g/mol. The lowest BCUT2D eigenvalue weighted by atomic mass is 9.43. The van der Waals surface area contributed by atoms with Gasteiger partial charge in [0, 0.05) is 48.3 Å². The lowest BCUT2D eigenvalue weighted by Crippen LogP contribution is -2.62. The zero-order valence-electron chi connectivity index (χ0n) is 30.0. The van der Waals surface area contributed by atoms with E-state index in [1.807, 2.05) is 24.3 Å². The Morgan fingerprint density at radius 3 is 2.78 bits per heavy atom. The maximum Gasteiger partial charge on any atom is 0.305 e. The molecule has 7 rings (SSSR count). The second-order valence-electron chi connectivity index (χ2n) is 16.4. The summed E-state index contributed by atoms with van der Waals surface area (Å²) in [5.41, 5.74) is 2.69. The van der Waals surface area contributed by atoms with Gasteiger partial charge in [-0.05, 0) is 122 Å². The van der Waals surface area contributed by atoms with E-state index in [1.165, 1.54) is 7.11 Å². The SMILES string of the molecule is COC(=O)CC[C@@H](C)[C@H]1CC[C@H]2[C@@H]3[C@H](O)C[C@@H]4C[C@@H](n5cc(CNCCNc6ccnc7cc(Cl)ccc67)nn5)CC[C@]4(C)[C@H]3C[C@H](O)[C@]12C. The average Bonchev–Trinajstić information content (AvgIpc) is 3.72. The number of nitrogens with zero attached hydrogens (tertiary/aromatic N) is 4. The van der Waals surface area contributed by atoms with Crippen LogP contribution in [0.3, 0.4) is 0 Å². The Labute approximate surface area is 301 Å². The molecule has 10 nitrogen and oxygen atoms in total. The molecule has 0 saturated heterocycles. The number of halogens is 1. The monoisotopic (exact) mass is 706 g/mol. The molecular formula is C39H55ClN6O4. The smallest absolute Gasteiger partial charge is 0.305 e. The number of methoxy groups -OCH3 is 1. The van der Waals surface area contributed by atoms with Gasteiger partial charge in [0.1, 0.15) is 0 Å². The Morgan fingerprint density at radius 1 is 1.12 bits per heavy atom. The molecule has 4 saturated carbocycles. The molecule has 4 aliphatic rings. The number of carbonyl (C=O) groups is 1. The van der Waals surface area contributed by atoms with E-state index >= 15 is 0 Å². The van der Waals surface area contributed by atoms with Gasteiger partial charge in [-0.15, -0.1) is 5.10 Å². The van der Waals surface area contributed by atoms with Gasteiger partial charge < -0.3 is 25.6 Å². The molecule has 4 fully saturated rings. The molecular weight excluding hydrogens is 652 g/mol. The number of carbonyl (C=O) groups excluding carboxylic acids is 1. The van der Waals surface area contributed by atoms with Gasteiger partial charge in [0.05, 0.1) is 42.8 Å². The zero-order chi connectivity index (χ0) is 35.2. The van der Waals surface area contributed by atoms with Crippen molar-refractivity contribution < 1.29 is 19.7 Å². The molecule has 4 aliphatic carbocycles. The van der Waals surface area contributed by atoms with Crippen molar-refractivity contribution in [1.29, 1.82) is 0 Å². The lowest BCUT2D eigenvalue weighted by molar-refractivity contribution is -0.204. The van der Waals surface area contributed by atoms with Crippen molar-refractivity contribution in [1.82, 2.24) is 25.3 Å². The highest BCUT2D eigenvalue weighted by Gasteiger charge is 2.65. The Hall–Kier alpha value is -2.79. The second-order valence-corrected chi connectivity index (χ2v) is 16.9. The van der Waals surface area contributed by atoms with Crippen LogP contribution in [0.4, 0.5) is 5.69 Å². The molecule has 0 spiro atoms. The second kappa shape index (κ2) is 14.3. The van der Waals surface area contributed by atoms with Crippen LogP contribution in [-0.4, -0.2) is 68.6 Å². The zero-order valence-corrected chi connectivity index (χ0v) is 30.8. The summed E-state index contributed by atoms with van der Waals surface area (Å²) >= 11 is 6.14. The van der Waals surface area contributed by atoms with Crippen molar-refractivity contribution in [3.8, 4) is 0 Å². The summed E-state index contributed by atoms with van der Waals surface area (Å²) < 4.78 is 6.97. The lowest BCUT2D eigenvalue weighted by Gasteiger charge is -2.63. The third-order valence-corrected chi connectivity index (χ3v) is 14.3. The first kappa shape index (κ1) is 35.6. The van der Waals surface area contributed by atoms with Crippen LogP contribution in [0.25, 0.3) is 10.9 Å². The number of ether oxygens (including phenoxy) is 1. The molecule has 2 heterocycles. The van der Waals surface area contributed by atoms with Crippen molar-refractivity contribution >= 4 is 34.2 Å². The number of hydrogen-bond donors (Lipinski definition) is 4. The molecule has 2 aromatic heterocycles. The summed E-state index contributed by atoms with van der Waals surface area (Å²) in [6, 6.07) is 8.01. The number of esters is 1. The summed E-state index contributed by atoms with van der Waals surface area (Å²) in [5.74, 6) is 1.70. The normalized spacial score (nSPS) is 35.6. The fourth-order valence-corrected chi connectivity index (χ4v) is 11.5. The predicted octanol–water partition coefficient (Wildman–Crippen LogP) is 6.41. The highest BCUT2D eigenvalue weighted by molar-refractivity contribution is 6.31. The van der Waals surface area contributed by atoms with Crippen molar-refractivity contribution in [2.24, 2.45) is 46.3 Å². The number of aromatic nitrogens is 4. The first-order valence-corrected chi connectivity index (χ1v) is 19.2. The molecule has 0 radical (unpaired) electrons. The van der Waals surface area contributed by atoms with Gasteiger partial charge in [-0.2, -0.15) is 0 Å². The first-order valence-electron chi connectivity index (χ1n) is 18.9. The van der Waals surface area contributed by atoms with Crippen molar-refractivity contribution in [2.75, 3.05) is 25.5 Å². The minimum absolute atomic E-state index is 0.0850. The standard InChI is InChI=1S/C39H55ClN6O4/c1-23(5-10-36(49)50-4)29-8-9-30-37-31(20-35(48)39(29,30)3)38(2)13-11-27(17-24(38)18-34(37)47)46-22-26(44-45-46)21-41-15-16-43-32-12-14-42-33-19-25(40)6-7-28(32)33/h6-7,12,14,19,22-24,27,29-31,34-35,37,41,47-48H,5,8-11,13,15-18,20-21H2,1-4H3,(H,42,43)/t23-,24+,27+,29-,30+,31+,34-,35+,37+,38+,39-/m1/s1. The van der Waals surface area contributed by atoms with E-state index in [4.69, 9.17) is 16.3 Å². The number of rotatable bonds is 11.